The van der Waals surface area contributed by atoms with Crippen LogP contribution in [0.1, 0.15) is 13.3 Å². The molecule has 2 N–H and O–H groups in total. The number of hydrogen-bond donors (Lipinski definition) is 2. The SMILES string of the molecule is CCC(NS(=O)(=O)c1cccc(Cl)c1F)C(=O)O. The fourth-order valence-corrected chi connectivity index (χ4v) is 2.85. The summed E-state index contributed by atoms with van der Waals surface area (Å²) in [4.78, 5) is 10.1. The third-order valence-electron chi connectivity index (χ3n) is 2.21. The molecule has 1 aromatic carbocycles. The molecule has 0 bridgehead atoms. The molecule has 0 amide bonds. The molecule has 0 saturated heterocycles. The van der Waals surface area contributed by atoms with Crippen molar-refractivity contribution in [3.05, 3.63) is 29.0 Å². The molecule has 0 aliphatic carbocycles. The first-order chi connectivity index (χ1) is 8.29. The van der Waals surface area contributed by atoms with Crippen molar-refractivity contribution in [1.29, 1.82) is 0 Å². The second-order valence-electron chi connectivity index (χ2n) is 3.47. The van der Waals surface area contributed by atoms with E-state index < -0.39 is 32.7 Å². The van der Waals surface area contributed by atoms with Crippen LogP contribution in [0.5, 0.6) is 0 Å². The van der Waals surface area contributed by atoms with Crippen LogP contribution in [0.3, 0.4) is 0 Å². The minimum absolute atomic E-state index is 0.0384. The summed E-state index contributed by atoms with van der Waals surface area (Å²) in [5.74, 6) is -2.43. The van der Waals surface area contributed by atoms with Crippen molar-refractivity contribution >= 4 is 27.6 Å². The van der Waals surface area contributed by atoms with Crippen LogP contribution in [0.15, 0.2) is 23.1 Å². The van der Waals surface area contributed by atoms with E-state index in [9.17, 15) is 17.6 Å². The first-order valence-corrected chi connectivity index (χ1v) is 6.85. The number of sulfonamides is 1. The molecule has 0 fully saturated rings. The van der Waals surface area contributed by atoms with Gasteiger partial charge in [0.05, 0.1) is 5.02 Å². The Morgan fingerprint density at radius 2 is 2.17 bits per heavy atom. The van der Waals surface area contributed by atoms with E-state index in [1.165, 1.54) is 19.1 Å². The molecule has 0 heterocycles. The van der Waals surface area contributed by atoms with E-state index in [-0.39, 0.29) is 11.4 Å². The molecular weight excluding hydrogens is 285 g/mol. The van der Waals surface area contributed by atoms with Crippen LogP contribution in [0.25, 0.3) is 0 Å². The Morgan fingerprint density at radius 1 is 1.56 bits per heavy atom. The van der Waals surface area contributed by atoms with Crippen molar-refractivity contribution in [1.82, 2.24) is 4.72 Å². The fourth-order valence-electron chi connectivity index (χ4n) is 1.25. The zero-order chi connectivity index (χ0) is 13.9. The Balaban J connectivity index is 3.14. The van der Waals surface area contributed by atoms with Crippen LogP contribution in [0, 0.1) is 5.82 Å². The number of rotatable bonds is 5. The van der Waals surface area contributed by atoms with Gasteiger partial charge in [-0.2, -0.15) is 4.72 Å². The highest BCUT2D eigenvalue weighted by molar-refractivity contribution is 7.89. The van der Waals surface area contributed by atoms with Gasteiger partial charge in [0.15, 0.2) is 5.82 Å². The maximum Gasteiger partial charge on any atom is 0.321 e. The maximum atomic E-state index is 13.6. The second kappa shape index (κ2) is 5.64. The van der Waals surface area contributed by atoms with Gasteiger partial charge < -0.3 is 5.11 Å². The van der Waals surface area contributed by atoms with Crippen LogP contribution in [-0.2, 0) is 14.8 Å². The smallest absolute Gasteiger partial charge is 0.321 e. The second-order valence-corrected chi connectivity index (χ2v) is 5.56. The van der Waals surface area contributed by atoms with Gasteiger partial charge in [0.1, 0.15) is 10.9 Å². The lowest BCUT2D eigenvalue weighted by atomic mass is 10.2. The number of hydrogen-bond acceptors (Lipinski definition) is 3. The van der Waals surface area contributed by atoms with E-state index in [2.05, 4.69) is 0 Å². The molecule has 1 rings (SSSR count). The number of carboxylic acid groups (broad SMARTS) is 1. The van der Waals surface area contributed by atoms with Gasteiger partial charge in [0.25, 0.3) is 0 Å². The molecule has 0 radical (unpaired) electrons. The number of halogens is 2. The molecule has 1 atom stereocenters. The van der Waals surface area contributed by atoms with Gasteiger partial charge in [-0.15, -0.1) is 0 Å². The minimum Gasteiger partial charge on any atom is -0.480 e. The van der Waals surface area contributed by atoms with E-state index >= 15 is 0 Å². The van der Waals surface area contributed by atoms with Gasteiger partial charge in [0.2, 0.25) is 10.0 Å². The Hall–Kier alpha value is -1.18. The van der Waals surface area contributed by atoms with E-state index in [1.807, 2.05) is 4.72 Å². The Bertz CT molecular complexity index is 561. The standard InChI is InChI=1S/C10H11ClFNO4S/c1-2-7(10(14)15)13-18(16,17)8-5-3-4-6(11)9(8)12/h3-5,7,13H,2H2,1H3,(H,14,15). The molecule has 0 aliphatic heterocycles. The van der Waals surface area contributed by atoms with Crippen LogP contribution < -0.4 is 4.72 Å². The zero-order valence-electron chi connectivity index (χ0n) is 9.35. The minimum atomic E-state index is -4.26. The van der Waals surface area contributed by atoms with Gasteiger partial charge >= 0.3 is 5.97 Å². The average Bonchev–Trinajstić information content (AvgIpc) is 2.29. The predicted octanol–water partition coefficient (Wildman–Crippen LogP) is 1.62. The molecule has 0 aromatic heterocycles. The summed E-state index contributed by atoms with van der Waals surface area (Å²) < 4.78 is 39.1. The number of aliphatic carboxylic acids is 1. The largest absolute Gasteiger partial charge is 0.480 e. The monoisotopic (exact) mass is 295 g/mol. The van der Waals surface area contributed by atoms with Gasteiger partial charge in [-0.1, -0.05) is 24.6 Å². The molecule has 100 valence electrons. The lowest BCUT2D eigenvalue weighted by molar-refractivity contribution is -0.139. The molecule has 0 aliphatic rings. The average molecular weight is 296 g/mol. The summed E-state index contributed by atoms with van der Waals surface area (Å²) in [6.07, 6.45) is 0.0384. The highest BCUT2D eigenvalue weighted by atomic mass is 35.5. The summed E-state index contributed by atoms with van der Waals surface area (Å²) >= 11 is 5.47. The Labute approximate surface area is 109 Å². The summed E-state index contributed by atoms with van der Waals surface area (Å²) in [6.45, 7) is 1.50. The summed E-state index contributed by atoms with van der Waals surface area (Å²) in [5.41, 5.74) is 0. The van der Waals surface area contributed by atoms with Crippen molar-refractivity contribution in [3.63, 3.8) is 0 Å². The summed E-state index contributed by atoms with van der Waals surface area (Å²) in [6, 6.07) is 2.16. The van der Waals surface area contributed by atoms with Crippen molar-refractivity contribution in [2.24, 2.45) is 0 Å². The van der Waals surface area contributed by atoms with E-state index in [0.717, 1.165) is 6.07 Å². The third kappa shape index (κ3) is 3.18. The number of benzene rings is 1. The number of carboxylic acids is 1. The van der Waals surface area contributed by atoms with Crippen LogP contribution in [-0.4, -0.2) is 25.5 Å². The highest BCUT2D eigenvalue weighted by Gasteiger charge is 2.26. The van der Waals surface area contributed by atoms with Gasteiger partial charge in [-0.25, -0.2) is 12.8 Å². The van der Waals surface area contributed by atoms with Crippen molar-refractivity contribution in [3.8, 4) is 0 Å². The van der Waals surface area contributed by atoms with Gasteiger partial charge in [0, 0.05) is 0 Å². The first kappa shape index (κ1) is 14.9. The molecular formula is C10H11ClFNO4S. The molecule has 0 spiro atoms. The van der Waals surface area contributed by atoms with E-state index in [0.29, 0.717) is 0 Å². The predicted molar refractivity (Wildman–Crippen MR) is 63.4 cm³/mol. The Kier molecular flexibility index (Phi) is 4.66. The van der Waals surface area contributed by atoms with E-state index in [1.54, 1.807) is 0 Å². The number of nitrogens with one attached hydrogen (secondary N) is 1. The normalized spacial score (nSPS) is 13.3. The van der Waals surface area contributed by atoms with Crippen molar-refractivity contribution in [2.75, 3.05) is 0 Å². The van der Waals surface area contributed by atoms with Crippen LogP contribution in [0.2, 0.25) is 5.02 Å². The highest BCUT2D eigenvalue weighted by Crippen LogP contribution is 2.22. The Morgan fingerprint density at radius 3 is 2.67 bits per heavy atom. The molecule has 1 aromatic rings. The first-order valence-electron chi connectivity index (χ1n) is 4.98. The van der Waals surface area contributed by atoms with Crippen LogP contribution in [0.4, 0.5) is 4.39 Å². The molecule has 0 saturated carbocycles. The van der Waals surface area contributed by atoms with Crippen molar-refractivity contribution in [2.45, 2.75) is 24.3 Å². The van der Waals surface area contributed by atoms with Crippen LogP contribution >= 0.6 is 11.6 Å². The fraction of sp³-hybridized carbons (Fsp3) is 0.300. The molecule has 8 heteroatoms. The zero-order valence-corrected chi connectivity index (χ0v) is 10.9. The van der Waals surface area contributed by atoms with Gasteiger partial charge in [-0.3, -0.25) is 4.79 Å². The third-order valence-corrected chi connectivity index (χ3v) is 3.99. The molecule has 1 unspecified atom stereocenters. The summed E-state index contributed by atoms with van der Waals surface area (Å²) in [7, 11) is -4.26. The lowest BCUT2D eigenvalue weighted by Gasteiger charge is -2.13. The number of carbonyl (C=O) groups is 1. The van der Waals surface area contributed by atoms with Crippen molar-refractivity contribution < 1.29 is 22.7 Å². The quantitative estimate of drug-likeness (QED) is 0.864. The van der Waals surface area contributed by atoms with E-state index in [4.69, 9.17) is 16.7 Å². The molecule has 18 heavy (non-hydrogen) atoms. The summed E-state index contributed by atoms with van der Waals surface area (Å²) in [5, 5.41) is 8.41. The maximum absolute atomic E-state index is 13.6. The topological polar surface area (TPSA) is 83.5 Å². The lowest BCUT2D eigenvalue weighted by Crippen LogP contribution is -2.40. The molecule has 5 nitrogen and oxygen atoms in total. The van der Waals surface area contributed by atoms with Gasteiger partial charge in [-0.05, 0) is 18.6 Å².